The Morgan fingerprint density at radius 1 is 1.24 bits per heavy atom. The lowest BCUT2D eigenvalue weighted by molar-refractivity contribution is -0.385. The minimum atomic E-state index is -3.86. The highest BCUT2D eigenvalue weighted by molar-refractivity contribution is 7.89. The van der Waals surface area contributed by atoms with E-state index in [1.165, 1.54) is 36.4 Å². The molecule has 2 aromatic carbocycles. The topological polar surface area (TPSA) is 156 Å². The van der Waals surface area contributed by atoms with Gasteiger partial charge in [-0.2, -0.15) is 5.26 Å². The number of nitrogens with two attached hydrogens (primary N) is 1. The number of sulfonamides is 1. The highest BCUT2D eigenvalue weighted by Gasteiger charge is 2.18. The number of amides is 1. The number of carbonyl (C=O) groups is 1. The van der Waals surface area contributed by atoms with E-state index >= 15 is 0 Å². The summed E-state index contributed by atoms with van der Waals surface area (Å²) < 4.78 is 22.5. The number of anilines is 1. The van der Waals surface area contributed by atoms with Crippen molar-refractivity contribution < 1.29 is 18.1 Å². The fraction of sp³-hybridized carbons (Fsp3) is 0.158. The summed E-state index contributed by atoms with van der Waals surface area (Å²) in [7, 11) is -3.86. The molecular weight excluding hydrogens is 396 g/mol. The minimum Gasteiger partial charge on any atom is -0.321 e. The van der Waals surface area contributed by atoms with Crippen molar-refractivity contribution in [2.24, 2.45) is 5.14 Å². The number of nitro benzene ring substituents is 1. The molecule has 9 nitrogen and oxygen atoms in total. The van der Waals surface area contributed by atoms with Gasteiger partial charge in [-0.05, 0) is 41.8 Å². The number of nitriles is 1. The van der Waals surface area contributed by atoms with Crippen molar-refractivity contribution in [3.05, 3.63) is 69.3 Å². The van der Waals surface area contributed by atoms with Crippen molar-refractivity contribution in [3.63, 3.8) is 0 Å². The summed E-state index contributed by atoms with van der Waals surface area (Å²) in [6.07, 6.45) is 1.24. The molecule has 0 aliphatic carbocycles. The fourth-order valence-corrected chi connectivity index (χ4v) is 3.05. The van der Waals surface area contributed by atoms with Gasteiger partial charge in [0.1, 0.15) is 11.6 Å². The van der Waals surface area contributed by atoms with Crippen LogP contribution in [0.25, 0.3) is 6.08 Å². The predicted molar refractivity (Wildman–Crippen MR) is 107 cm³/mol. The number of primary sulfonamides is 1. The fourth-order valence-electron chi connectivity index (χ4n) is 2.54. The van der Waals surface area contributed by atoms with Crippen LogP contribution >= 0.6 is 0 Å². The first-order valence-corrected chi connectivity index (χ1v) is 9.92. The molecule has 0 fully saturated rings. The van der Waals surface area contributed by atoms with Gasteiger partial charge >= 0.3 is 0 Å². The SMILES string of the molecule is CC(C)c1ccc(/C=C(\C#N)C(=O)Nc2ccc(S(N)(=O)=O)cc2)cc1[N+](=O)[O-]. The zero-order valence-electron chi connectivity index (χ0n) is 15.6. The van der Waals surface area contributed by atoms with Gasteiger partial charge < -0.3 is 5.32 Å². The monoisotopic (exact) mass is 414 g/mol. The van der Waals surface area contributed by atoms with Crippen LogP contribution < -0.4 is 10.5 Å². The van der Waals surface area contributed by atoms with E-state index in [0.717, 1.165) is 0 Å². The van der Waals surface area contributed by atoms with Gasteiger partial charge in [0.25, 0.3) is 11.6 Å². The Bertz CT molecular complexity index is 1130. The lowest BCUT2D eigenvalue weighted by atomic mass is 9.98. The second-order valence-corrected chi connectivity index (χ2v) is 7.98. The third-order valence-electron chi connectivity index (χ3n) is 3.99. The number of nitrogens with zero attached hydrogens (tertiary/aromatic N) is 2. The van der Waals surface area contributed by atoms with Crippen molar-refractivity contribution >= 4 is 33.4 Å². The van der Waals surface area contributed by atoms with Crippen LogP contribution in [0.5, 0.6) is 0 Å². The van der Waals surface area contributed by atoms with E-state index in [2.05, 4.69) is 5.32 Å². The maximum Gasteiger partial charge on any atom is 0.273 e. The lowest BCUT2D eigenvalue weighted by Crippen LogP contribution is -2.14. The van der Waals surface area contributed by atoms with Crippen molar-refractivity contribution in [2.75, 3.05) is 5.32 Å². The van der Waals surface area contributed by atoms with E-state index in [1.54, 1.807) is 18.2 Å². The molecule has 0 heterocycles. The number of hydrogen-bond donors (Lipinski definition) is 2. The lowest BCUT2D eigenvalue weighted by Gasteiger charge is -2.08. The van der Waals surface area contributed by atoms with E-state index in [9.17, 15) is 28.6 Å². The molecule has 150 valence electrons. The number of hydrogen-bond acceptors (Lipinski definition) is 6. The Hall–Kier alpha value is -3.55. The van der Waals surface area contributed by atoms with E-state index in [4.69, 9.17) is 5.14 Å². The minimum absolute atomic E-state index is 0.0625. The van der Waals surface area contributed by atoms with Crippen molar-refractivity contribution in [1.29, 1.82) is 5.26 Å². The molecule has 10 heteroatoms. The van der Waals surface area contributed by atoms with Crippen molar-refractivity contribution in [2.45, 2.75) is 24.7 Å². The highest BCUT2D eigenvalue weighted by Crippen LogP contribution is 2.28. The van der Waals surface area contributed by atoms with Crippen LogP contribution in [-0.2, 0) is 14.8 Å². The third-order valence-corrected chi connectivity index (χ3v) is 4.92. The highest BCUT2D eigenvalue weighted by atomic mass is 32.2. The average molecular weight is 414 g/mol. The number of benzene rings is 2. The van der Waals surface area contributed by atoms with E-state index in [0.29, 0.717) is 11.1 Å². The van der Waals surface area contributed by atoms with Crippen LogP contribution in [0.3, 0.4) is 0 Å². The molecule has 1 amide bonds. The molecule has 0 spiro atoms. The van der Waals surface area contributed by atoms with Gasteiger partial charge in [0.05, 0.1) is 9.82 Å². The Labute approximate surface area is 167 Å². The Morgan fingerprint density at radius 3 is 2.34 bits per heavy atom. The molecule has 0 aliphatic heterocycles. The first-order valence-electron chi connectivity index (χ1n) is 8.37. The van der Waals surface area contributed by atoms with Gasteiger partial charge in [0, 0.05) is 17.3 Å². The second-order valence-electron chi connectivity index (χ2n) is 6.42. The maximum atomic E-state index is 12.3. The van der Waals surface area contributed by atoms with Gasteiger partial charge in [-0.25, -0.2) is 13.6 Å². The molecule has 0 aliphatic rings. The normalized spacial score (nSPS) is 11.8. The number of rotatable bonds is 6. The van der Waals surface area contributed by atoms with Gasteiger partial charge in [-0.3, -0.25) is 14.9 Å². The molecule has 29 heavy (non-hydrogen) atoms. The molecule has 0 atom stereocenters. The van der Waals surface area contributed by atoms with E-state index < -0.39 is 20.9 Å². The molecule has 0 bridgehead atoms. The van der Waals surface area contributed by atoms with Crippen LogP contribution in [0.15, 0.2) is 52.9 Å². The Morgan fingerprint density at radius 2 is 1.86 bits per heavy atom. The molecular formula is C19H18N4O5S. The van der Waals surface area contributed by atoms with Gasteiger partial charge in [-0.15, -0.1) is 0 Å². The number of nitrogens with one attached hydrogen (secondary N) is 1. The molecule has 2 aromatic rings. The molecule has 0 unspecified atom stereocenters. The Kier molecular flexibility index (Phi) is 6.48. The van der Waals surface area contributed by atoms with Crippen LogP contribution in [0.4, 0.5) is 11.4 Å². The smallest absolute Gasteiger partial charge is 0.273 e. The Balaban J connectivity index is 2.30. The van der Waals surface area contributed by atoms with E-state index in [-0.39, 0.29) is 27.8 Å². The quantitative estimate of drug-likeness (QED) is 0.320. The molecule has 0 aromatic heterocycles. The average Bonchev–Trinajstić information content (AvgIpc) is 2.65. The molecule has 2 rings (SSSR count). The zero-order valence-corrected chi connectivity index (χ0v) is 16.4. The maximum absolute atomic E-state index is 12.3. The molecule has 0 saturated carbocycles. The summed E-state index contributed by atoms with van der Waals surface area (Å²) in [4.78, 5) is 23.0. The largest absolute Gasteiger partial charge is 0.321 e. The number of carbonyl (C=O) groups excluding carboxylic acids is 1. The van der Waals surface area contributed by atoms with Crippen LogP contribution in [0.2, 0.25) is 0 Å². The van der Waals surface area contributed by atoms with Crippen LogP contribution in [0.1, 0.15) is 30.9 Å². The first-order chi connectivity index (χ1) is 13.5. The zero-order chi connectivity index (χ0) is 21.8. The first kappa shape index (κ1) is 21.7. The summed E-state index contributed by atoms with van der Waals surface area (Å²) in [6.45, 7) is 3.65. The summed E-state index contributed by atoms with van der Waals surface area (Å²) in [5.41, 5.74) is 0.768. The molecule has 3 N–H and O–H groups in total. The summed E-state index contributed by atoms with van der Waals surface area (Å²) >= 11 is 0. The van der Waals surface area contributed by atoms with Gasteiger partial charge in [-0.1, -0.05) is 26.0 Å². The summed E-state index contributed by atoms with van der Waals surface area (Å²) in [6, 6.07) is 11.3. The van der Waals surface area contributed by atoms with Gasteiger partial charge in [0.2, 0.25) is 10.0 Å². The molecule has 0 saturated heterocycles. The standard InChI is InChI=1S/C19H18N4O5S/c1-12(2)17-8-3-13(10-18(17)23(25)26)9-14(11-20)19(24)22-15-4-6-16(7-5-15)29(21,27)28/h3-10,12H,1-2H3,(H,22,24)(H2,21,27,28)/b14-9+. The predicted octanol–water partition coefficient (Wildman–Crippen LogP) is 2.91. The second kappa shape index (κ2) is 8.64. The van der Waals surface area contributed by atoms with Crippen molar-refractivity contribution in [1.82, 2.24) is 0 Å². The summed E-state index contributed by atoms with van der Waals surface area (Å²) in [5.74, 6) is -0.807. The van der Waals surface area contributed by atoms with E-state index in [1.807, 2.05) is 13.8 Å². The number of nitro groups is 1. The van der Waals surface area contributed by atoms with Crippen LogP contribution in [-0.4, -0.2) is 19.2 Å². The third kappa shape index (κ3) is 5.47. The molecule has 0 radical (unpaired) electrons. The van der Waals surface area contributed by atoms with Gasteiger partial charge in [0.15, 0.2) is 0 Å². The summed E-state index contributed by atoms with van der Waals surface area (Å²) in [5, 5.41) is 28.1. The van der Waals surface area contributed by atoms with Crippen molar-refractivity contribution in [3.8, 4) is 6.07 Å². The van der Waals surface area contributed by atoms with Crippen LogP contribution in [0, 0.1) is 21.4 Å².